The number of nitrogens with zero attached hydrogens (tertiary/aromatic N) is 2. The average molecular weight is 320 g/mol. The van der Waals surface area contributed by atoms with Gasteiger partial charge in [-0.3, -0.25) is 4.79 Å². The molecular weight excluding hydrogens is 303 g/mol. The molecule has 0 N–H and O–H groups in total. The molecule has 4 heteroatoms. The van der Waals surface area contributed by atoms with Crippen molar-refractivity contribution in [2.45, 2.75) is 13.8 Å². The number of halogens is 1. The lowest BCUT2D eigenvalue weighted by molar-refractivity contribution is 0.104. The first-order valence-electron chi connectivity index (χ1n) is 7.64. The van der Waals surface area contributed by atoms with Crippen LogP contribution in [0.2, 0.25) is 0 Å². The summed E-state index contributed by atoms with van der Waals surface area (Å²) in [7, 11) is 0. The molecule has 0 saturated carbocycles. The maximum Gasteiger partial charge on any atom is 0.189 e. The summed E-state index contributed by atoms with van der Waals surface area (Å²) in [4.78, 5) is 12.4. The van der Waals surface area contributed by atoms with Gasteiger partial charge in [0.25, 0.3) is 0 Å². The minimum absolute atomic E-state index is 0.109. The zero-order valence-electron chi connectivity index (χ0n) is 13.5. The van der Waals surface area contributed by atoms with Crippen molar-refractivity contribution in [3.05, 3.63) is 89.0 Å². The highest BCUT2D eigenvalue weighted by Gasteiger charge is 2.13. The van der Waals surface area contributed by atoms with E-state index < -0.39 is 0 Å². The van der Waals surface area contributed by atoms with Crippen LogP contribution in [0.15, 0.2) is 60.8 Å². The van der Waals surface area contributed by atoms with Gasteiger partial charge in [0.1, 0.15) is 5.82 Å². The molecule has 0 amide bonds. The van der Waals surface area contributed by atoms with Crippen LogP contribution in [-0.4, -0.2) is 15.6 Å². The van der Waals surface area contributed by atoms with Crippen molar-refractivity contribution in [3.63, 3.8) is 0 Å². The maximum atomic E-state index is 13.0. The van der Waals surface area contributed by atoms with E-state index in [2.05, 4.69) is 5.10 Å². The van der Waals surface area contributed by atoms with Crippen molar-refractivity contribution < 1.29 is 9.18 Å². The number of aryl methyl sites for hydroxylation is 1. The van der Waals surface area contributed by atoms with Crippen LogP contribution in [0.4, 0.5) is 4.39 Å². The van der Waals surface area contributed by atoms with Gasteiger partial charge in [-0.2, -0.15) is 5.10 Å². The van der Waals surface area contributed by atoms with Gasteiger partial charge in [0, 0.05) is 0 Å². The topological polar surface area (TPSA) is 34.9 Å². The first kappa shape index (κ1) is 15.9. The minimum Gasteiger partial charge on any atom is -0.289 e. The molecule has 2 aromatic carbocycles. The highest BCUT2D eigenvalue weighted by atomic mass is 19.1. The summed E-state index contributed by atoms with van der Waals surface area (Å²) >= 11 is 0. The standard InChI is InChI=1S/C20H17FN2O/c1-14-4-3-5-16(12-14)6-11-20(24)19-13-22-23(15(19)2)18-9-7-17(21)8-10-18/h3-13H,1-2H3. The Morgan fingerprint density at radius 3 is 2.58 bits per heavy atom. The number of aromatic nitrogens is 2. The molecule has 120 valence electrons. The normalized spacial score (nSPS) is 11.1. The van der Waals surface area contributed by atoms with E-state index in [4.69, 9.17) is 0 Å². The number of carbonyl (C=O) groups excluding carboxylic acids is 1. The fourth-order valence-corrected chi connectivity index (χ4v) is 2.53. The third-order valence-electron chi connectivity index (χ3n) is 3.82. The lowest BCUT2D eigenvalue weighted by atomic mass is 10.1. The van der Waals surface area contributed by atoms with Gasteiger partial charge in [-0.05, 0) is 49.8 Å². The Labute approximate surface area is 140 Å². The smallest absolute Gasteiger partial charge is 0.189 e. The van der Waals surface area contributed by atoms with Gasteiger partial charge in [-0.25, -0.2) is 9.07 Å². The van der Waals surface area contributed by atoms with Crippen molar-refractivity contribution in [1.82, 2.24) is 9.78 Å². The van der Waals surface area contributed by atoms with Gasteiger partial charge in [0.15, 0.2) is 5.78 Å². The average Bonchev–Trinajstić information content (AvgIpc) is 2.95. The van der Waals surface area contributed by atoms with Gasteiger partial charge < -0.3 is 0 Å². The predicted molar refractivity (Wildman–Crippen MR) is 92.8 cm³/mol. The van der Waals surface area contributed by atoms with Gasteiger partial charge in [-0.1, -0.05) is 35.9 Å². The largest absolute Gasteiger partial charge is 0.289 e. The molecule has 3 rings (SSSR count). The Morgan fingerprint density at radius 1 is 1.12 bits per heavy atom. The molecule has 0 radical (unpaired) electrons. The molecule has 0 aliphatic rings. The van der Waals surface area contributed by atoms with E-state index in [0.29, 0.717) is 5.56 Å². The SMILES string of the molecule is Cc1cccc(C=CC(=O)c2cnn(-c3ccc(F)cc3)c2C)c1. The second-order valence-corrected chi connectivity index (χ2v) is 5.64. The summed E-state index contributed by atoms with van der Waals surface area (Å²) in [5, 5.41) is 4.25. The zero-order chi connectivity index (χ0) is 17.1. The number of hydrogen-bond donors (Lipinski definition) is 0. The third kappa shape index (κ3) is 3.33. The molecule has 3 aromatic rings. The Hall–Kier alpha value is -3.01. The summed E-state index contributed by atoms with van der Waals surface area (Å²) in [5.74, 6) is -0.414. The lowest BCUT2D eigenvalue weighted by Crippen LogP contribution is -2.01. The van der Waals surface area contributed by atoms with Gasteiger partial charge >= 0.3 is 0 Å². The quantitative estimate of drug-likeness (QED) is 0.523. The summed E-state index contributed by atoms with van der Waals surface area (Å²) in [5.41, 5.74) is 4.09. The number of allylic oxidation sites excluding steroid dienone is 1. The molecule has 0 spiro atoms. The van der Waals surface area contributed by atoms with Crippen LogP contribution in [0, 0.1) is 19.7 Å². The molecule has 0 fully saturated rings. The minimum atomic E-state index is -0.305. The van der Waals surface area contributed by atoms with E-state index in [1.54, 1.807) is 35.2 Å². The van der Waals surface area contributed by atoms with Crippen LogP contribution in [0.1, 0.15) is 27.2 Å². The van der Waals surface area contributed by atoms with Crippen LogP contribution in [0.5, 0.6) is 0 Å². The molecule has 0 unspecified atom stereocenters. The van der Waals surface area contributed by atoms with Crippen LogP contribution in [0.3, 0.4) is 0 Å². The second kappa shape index (κ2) is 6.62. The monoisotopic (exact) mass is 320 g/mol. The number of benzene rings is 2. The van der Waals surface area contributed by atoms with E-state index >= 15 is 0 Å². The highest BCUT2D eigenvalue weighted by molar-refractivity contribution is 6.07. The fraction of sp³-hybridized carbons (Fsp3) is 0.100. The summed E-state index contributed by atoms with van der Waals surface area (Å²) < 4.78 is 14.7. The van der Waals surface area contributed by atoms with E-state index in [-0.39, 0.29) is 11.6 Å². The van der Waals surface area contributed by atoms with E-state index in [1.165, 1.54) is 12.1 Å². The van der Waals surface area contributed by atoms with Crippen LogP contribution >= 0.6 is 0 Å². The molecule has 0 aliphatic carbocycles. The van der Waals surface area contributed by atoms with Crippen molar-refractivity contribution in [3.8, 4) is 5.69 Å². The van der Waals surface area contributed by atoms with Crippen molar-refractivity contribution >= 4 is 11.9 Å². The zero-order valence-corrected chi connectivity index (χ0v) is 13.5. The molecule has 0 saturated heterocycles. The van der Waals surface area contributed by atoms with Gasteiger partial charge in [0.2, 0.25) is 0 Å². The van der Waals surface area contributed by atoms with Crippen molar-refractivity contribution in [1.29, 1.82) is 0 Å². The van der Waals surface area contributed by atoms with Crippen LogP contribution in [-0.2, 0) is 0 Å². The Balaban J connectivity index is 1.85. The number of hydrogen-bond acceptors (Lipinski definition) is 2. The molecule has 1 aromatic heterocycles. The van der Waals surface area contributed by atoms with E-state index in [0.717, 1.165) is 22.5 Å². The van der Waals surface area contributed by atoms with Gasteiger partial charge in [-0.15, -0.1) is 0 Å². The molecule has 1 heterocycles. The van der Waals surface area contributed by atoms with E-state index in [9.17, 15) is 9.18 Å². The van der Waals surface area contributed by atoms with Gasteiger partial charge in [0.05, 0.1) is 23.1 Å². The highest BCUT2D eigenvalue weighted by Crippen LogP contribution is 2.16. The molecular formula is C20H17FN2O. The fourth-order valence-electron chi connectivity index (χ4n) is 2.53. The summed E-state index contributed by atoms with van der Waals surface area (Å²) in [6.07, 6.45) is 4.89. The molecule has 0 atom stereocenters. The third-order valence-corrected chi connectivity index (χ3v) is 3.82. The first-order valence-corrected chi connectivity index (χ1v) is 7.64. The molecule has 0 aliphatic heterocycles. The van der Waals surface area contributed by atoms with Crippen molar-refractivity contribution in [2.24, 2.45) is 0 Å². The lowest BCUT2D eigenvalue weighted by Gasteiger charge is -2.04. The Bertz CT molecular complexity index is 908. The number of ketones is 1. The van der Waals surface area contributed by atoms with Crippen LogP contribution < -0.4 is 0 Å². The maximum absolute atomic E-state index is 13.0. The van der Waals surface area contributed by atoms with Crippen LogP contribution in [0.25, 0.3) is 11.8 Å². The molecule has 3 nitrogen and oxygen atoms in total. The Morgan fingerprint density at radius 2 is 1.88 bits per heavy atom. The second-order valence-electron chi connectivity index (χ2n) is 5.64. The Kier molecular flexibility index (Phi) is 4.38. The molecule has 24 heavy (non-hydrogen) atoms. The van der Waals surface area contributed by atoms with Crippen molar-refractivity contribution in [2.75, 3.05) is 0 Å². The first-order chi connectivity index (χ1) is 11.5. The predicted octanol–water partition coefficient (Wildman–Crippen LogP) is 4.52. The van der Waals surface area contributed by atoms with E-state index in [1.807, 2.05) is 38.1 Å². The number of rotatable bonds is 4. The summed E-state index contributed by atoms with van der Waals surface area (Å²) in [6.45, 7) is 3.83. The summed E-state index contributed by atoms with van der Waals surface area (Å²) in [6, 6.07) is 13.9. The molecule has 0 bridgehead atoms. The number of carbonyl (C=O) groups is 1.